The lowest BCUT2D eigenvalue weighted by Crippen LogP contribution is -2.33. The van der Waals surface area contributed by atoms with Crippen molar-refractivity contribution in [3.8, 4) is 0 Å². The summed E-state index contributed by atoms with van der Waals surface area (Å²) in [6, 6.07) is 0. The first-order chi connectivity index (χ1) is 10.1. The lowest BCUT2D eigenvalue weighted by Gasteiger charge is -2.42. The molecule has 0 fully saturated rings. The van der Waals surface area contributed by atoms with E-state index in [0.717, 1.165) is 11.8 Å². The Morgan fingerprint density at radius 3 is 1.62 bits per heavy atom. The molecule has 0 amide bonds. The summed E-state index contributed by atoms with van der Waals surface area (Å²) in [6.07, 6.45) is 16.9. The number of unbranched alkanes of at least 4 members (excludes halogenated alkanes) is 4. The molecule has 0 aliphatic heterocycles. The lowest BCUT2D eigenvalue weighted by molar-refractivity contribution is 0.0765. The maximum atomic E-state index is 2.58. The van der Waals surface area contributed by atoms with E-state index >= 15 is 0 Å². The Balaban J connectivity index is 4.64. The monoisotopic (exact) mass is 296 g/mol. The van der Waals surface area contributed by atoms with Gasteiger partial charge in [-0.15, -0.1) is 0 Å². The summed E-state index contributed by atoms with van der Waals surface area (Å²) in [5.41, 5.74) is 0.612. The van der Waals surface area contributed by atoms with Crippen molar-refractivity contribution in [2.24, 2.45) is 17.3 Å². The van der Waals surface area contributed by atoms with Gasteiger partial charge in [-0.05, 0) is 23.7 Å². The molecule has 0 aliphatic rings. The van der Waals surface area contributed by atoms with Gasteiger partial charge in [0.2, 0.25) is 0 Å². The van der Waals surface area contributed by atoms with E-state index in [4.69, 9.17) is 0 Å². The van der Waals surface area contributed by atoms with E-state index in [1.165, 1.54) is 77.0 Å². The zero-order chi connectivity index (χ0) is 16.1. The number of hydrogen-bond donors (Lipinski definition) is 0. The fraction of sp³-hybridized carbons (Fsp3) is 1.00. The minimum Gasteiger partial charge on any atom is -0.0654 e. The molecule has 21 heavy (non-hydrogen) atoms. The first kappa shape index (κ1) is 21.0. The van der Waals surface area contributed by atoms with E-state index in [1.807, 2.05) is 0 Å². The van der Waals surface area contributed by atoms with Crippen LogP contribution in [0.15, 0.2) is 0 Å². The Bertz CT molecular complexity index is 208. The van der Waals surface area contributed by atoms with E-state index in [-0.39, 0.29) is 0 Å². The van der Waals surface area contributed by atoms with Crippen molar-refractivity contribution in [2.75, 3.05) is 0 Å². The maximum Gasteiger partial charge on any atom is -0.0274 e. The predicted molar refractivity (Wildman–Crippen MR) is 98.9 cm³/mol. The van der Waals surface area contributed by atoms with E-state index in [9.17, 15) is 0 Å². The molecule has 0 saturated carbocycles. The van der Waals surface area contributed by atoms with Gasteiger partial charge < -0.3 is 0 Å². The molecule has 0 aliphatic carbocycles. The second-order valence-corrected chi connectivity index (χ2v) is 7.36. The summed E-state index contributed by atoms with van der Waals surface area (Å²) in [4.78, 5) is 0. The highest BCUT2D eigenvalue weighted by Gasteiger charge is 2.35. The molecular weight excluding hydrogens is 252 g/mol. The van der Waals surface area contributed by atoms with Crippen LogP contribution in [0.4, 0.5) is 0 Å². The van der Waals surface area contributed by atoms with Gasteiger partial charge in [-0.2, -0.15) is 0 Å². The molecule has 1 atom stereocenters. The third-order valence-corrected chi connectivity index (χ3v) is 6.18. The van der Waals surface area contributed by atoms with Crippen molar-refractivity contribution in [3.05, 3.63) is 0 Å². The van der Waals surface area contributed by atoms with Crippen LogP contribution in [0.3, 0.4) is 0 Å². The van der Waals surface area contributed by atoms with Crippen LogP contribution in [-0.4, -0.2) is 0 Å². The molecule has 0 spiro atoms. The third kappa shape index (κ3) is 7.20. The first-order valence-electron chi connectivity index (χ1n) is 10.1. The van der Waals surface area contributed by atoms with Gasteiger partial charge in [-0.3, -0.25) is 0 Å². The third-order valence-electron chi connectivity index (χ3n) is 6.18. The quantitative estimate of drug-likeness (QED) is 0.285. The van der Waals surface area contributed by atoms with Crippen molar-refractivity contribution in [2.45, 2.75) is 119 Å². The average Bonchev–Trinajstić information content (AvgIpc) is 2.50. The average molecular weight is 297 g/mol. The van der Waals surface area contributed by atoms with Gasteiger partial charge >= 0.3 is 0 Å². The van der Waals surface area contributed by atoms with Crippen molar-refractivity contribution in [1.82, 2.24) is 0 Å². The molecule has 0 aromatic carbocycles. The first-order valence-corrected chi connectivity index (χ1v) is 10.1. The van der Waals surface area contributed by atoms with Crippen LogP contribution < -0.4 is 0 Å². The predicted octanol–water partition coefficient (Wildman–Crippen LogP) is 8.01. The molecular formula is C21H44. The van der Waals surface area contributed by atoms with Crippen LogP contribution in [0.5, 0.6) is 0 Å². The fourth-order valence-corrected chi connectivity index (χ4v) is 4.44. The molecule has 0 nitrogen and oxygen atoms in total. The van der Waals surface area contributed by atoms with Gasteiger partial charge in [-0.1, -0.05) is 112 Å². The van der Waals surface area contributed by atoms with Gasteiger partial charge in [0.15, 0.2) is 0 Å². The van der Waals surface area contributed by atoms with E-state index in [1.54, 1.807) is 0 Å². The number of rotatable bonds is 14. The largest absolute Gasteiger partial charge is 0.0654 e. The van der Waals surface area contributed by atoms with Crippen LogP contribution in [0.1, 0.15) is 119 Å². The highest BCUT2D eigenvalue weighted by molar-refractivity contribution is 4.86. The molecule has 0 radical (unpaired) electrons. The van der Waals surface area contributed by atoms with Crippen LogP contribution in [0, 0.1) is 17.3 Å². The van der Waals surface area contributed by atoms with E-state index in [2.05, 4.69) is 41.5 Å². The Morgan fingerprint density at radius 1 is 0.667 bits per heavy atom. The molecule has 0 N–H and O–H groups in total. The van der Waals surface area contributed by atoms with Crippen molar-refractivity contribution in [3.63, 3.8) is 0 Å². The van der Waals surface area contributed by atoms with Crippen LogP contribution in [-0.2, 0) is 0 Å². The second-order valence-electron chi connectivity index (χ2n) is 7.36. The van der Waals surface area contributed by atoms with Gasteiger partial charge in [0.05, 0.1) is 0 Å². The van der Waals surface area contributed by atoms with Crippen molar-refractivity contribution in [1.29, 1.82) is 0 Å². The topological polar surface area (TPSA) is 0 Å². The normalized spacial score (nSPS) is 13.9. The van der Waals surface area contributed by atoms with Gasteiger partial charge in [-0.25, -0.2) is 0 Å². The van der Waals surface area contributed by atoms with Crippen LogP contribution >= 0.6 is 0 Å². The van der Waals surface area contributed by atoms with Crippen LogP contribution in [0.2, 0.25) is 0 Å². The molecule has 0 aromatic heterocycles. The Hall–Kier alpha value is 0. The Kier molecular flexibility index (Phi) is 12.5. The Morgan fingerprint density at radius 2 is 1.19 bits per heavy atom. The molecule has 0 rings (SSSR count). The fourth-order valence-electron chi connectivity index (χ4n) is 4.44. The summed E-state index contributed by atoms with van der Waals surface area (Å²) in [6.45, 7) is 14.5. The lowest BCUT2D eigenvalue weighted by atomic mass is 9.63. The summed E-state index contributed by atoms with van der Waals surface area (Å²) in [5.74, 6) is 1.86. The summed E-state index contributed by atoms with van der Waals surface area (Å²) in [5, 5.41) is 0. The highest BCUT2D eigenvalue weighted by Crippen LogP contribution is 2.46. The van der Waals surface area contributed by atoms with Crippen molar-refractivity contribution >= 4 is 0 Å². The molecule has 128 valence electrons. The van der Waals surface area contributed by atoms with E-state index < -0.39 is 0 Å². The summed E-state index contributed by atoms with van der Waals surface area (Å²) >= 11 is 0. The van der Waals surface area contributed by atoms with Crippen LogP contribution in [0.25, 0.3) is 0 Å². The molecule has 0 heteroatoms. The number of hydrogen-bond acceptors (Lipinski definition) is 0. The minimum atomic E-state index is 0.612. The summed E-state index contributed by atoms with van der Waals surface area (Å²) < 4.78 is 0. The second kappa shape index (κ2) is 12.5. The molecule has 0 saturated heterocycles. The zero-order valence-electron chi connectivity index (χ0n) is 16.1. The maximum absolute atomic E-state index is 2.58. The van der Waals surface area contributed by atoms with Gasteiger partial charge in [0, 0.05) is 0 Å². The summed E-state index contributed by atoms with van der Waals surface area (Å²) in [7, 11) is 0. The van der Waals surface area contributed by atoms with Gasteiger partial charge in [0.25, 0.3) is 0 Å². The standard InChI is InChI=1S/C21H44/c1-7-12-13-14-15-18-21(10-4,11-5)19(6)20(16-8-2)17-9-3/h19-20H,7-18H2,1-6H3. The van der Waals surface area contributed by atoms with E-state index in [0.29, 0.717) is 5.41 Å². The molecule has 0 heterocycles. The molecule has 0 aromatic rings. The van der Waals surface area contributed by atoms with Crippen molar-refractivity contribution < 1.29 is 0 Å². The smallest absolute Gasteiger partial charge is 0.0274 e. The minimum absolute atomic E-state index is 0.612. The molecule has 0 bridgehead atoms. The Labute approximate surface area is 136 Å². The SMILES string of the molecule is CCCCCCCC(CC)(CC)C(C)C(CCC)CCC. The highest BCUT2D eigenvalue weighted by atomic mass is 14.4. The zero-order valence-corrected chi connectivity index (χ0v) is 16.1. The molecule has 1 unspecified atom stereocenters. The van der Waals surface area contributed by atoms with Gasteiger partial charge in [0.1, 0.15) is 0 Å².